The zero-order valence-corrected chi connectivity index (χ0v) is 12.9. The van der Waals surface area contributed by atoms with Crippen molar-refractivity contribution in [1.82, 2.24) is 14.9 Å². The summed E-state index contributed by atoms with van der Waals surface area (Å²) in [6.45, 7) is 0. The molecule has 0 radical (unpaired) electrons. The molecular weight excluding hydrogens is 322 g/mol. The Hall–Kier alpha value is -2.88. The SMILES string of the molecule is COC(=O)c1ccccc1NC(=O)CSc1nncc(=O)n1N. The molecule has 0 saturated carbocycles. The van der Waals surface area contributed by atoms with Crippen LogP contribution in [0.1, 0.15) is 10.4 Å². The van der Waals surface area contributed by atoms with E-state index in [0.717, 1.165) is 22.6 Å². The summed E-state index contributed by atoms with van der Waals surface area (Å²) >= 11 is 0.945. The number of nitrogens with zero attached hydrogens (tertiary/aromatic N) is 3. The molecule has 2 rings (SSSR count). The third-order valence-electron chi connectivity index (χ3n) is 2.69. The number of esters is 1. The molecule has 0 unspecified atom stereocenters. The fourth-order valence-corrected chi connectivity index (χ4v) is 2.29. The fourth-order valence-electron chi connectivity index (χ4n) is 1.63. The lowest BCUT2D eigenvalue weighted by Crippen LogP contribution is -2.30. The average molecular weight is 335 g/mol. The van der Waals surface area contributed by atoms with Crippen LogP contribution in [0.3, 0.4) is 0 Å². The highest BCUT2D eigenvalue weighted by Gasteiger charge is 2.14. The number of ether oxygens (including phenoxy) is 1. The molecule has 0 aliphatic heterocycles. The minimum absolute atomic E-state index is 0.0646. The summed E-state index contributed by atoms with van der Waals surface area (Å²) in [5.74, 6) is 4.47. The number of carbonyl (C=O) groups is 2. The van der Waals surface area contributed by atoms with Crippen molar-refractivity contribution < 1.29 is 14.3 Å². The van der Waals surface area contributed by atoms with Gasteiger partial charge in [0.1, 0.15) is 6.20 Å². The number of nitrogens with one attached hydrogen (secondary N) is 1. The monoisotopic (exact) mass is 335 g/mol. The highest BCUT2D eigenvalue weighted by atomic mass is 32.2. The number of nitrogens with two attached hydrogens (primary N) is 1. The number of carbonyl (C=O) groups excluding carboxylic acids is 2. The van der Waals surface area contributed by atoms with Crippen LogP contribution in [0.5, 0.6) is 0 Å². The summed E-state index contributed by atoms with van der Waals surface area (Å²) in [7, 11) is 1.26. The van der Waals surface area contributed by atoms with Crippen molar-refractivity contribution >= 4 is 29.3 Å². The number of aromatic nitrogens is 3. The Labute approximate surface area is 134 Å². The number of benzene rings is 1. The van der Waals surface area contributed by atoms with Gasteiger partial charge in [-0.3, -0.25) is 9.59 Å². The second kappa shape index (κ2) is 7.40. The van der Waals surface area contributed by atoms with Crippen LogP contribution in [0.4, 0.5) is 5.69 Å². The molecule has 1 amide bonds. The summed E-state index contributed by atoms with van der Waals surface area (Å²) in [5.41, 5.74) is 0.0387. The third kappa shape index (κ3) is 4.07. The molecule has 0 spiro atoms. The molecule has 0 bridgehead atoms. The molecule has 1 aromatic carbocycles. The number of anilines is 1. The lowest BCUT2D eigenvalue weighted by Gasteiger charge is -2.09. The minimum Gasteiger partial charge on any atom is -0.465 e. The van der Waals surface area contributed by atoms with Crippen LogP contribution in [0.15, 0.2) is 40.4 Å². The molecule has 1 aromatic heterocycles. The van der Waals surface area contributed by atoms with Gasteiger partial charge in [0.25, 0.3) is 5.56 Å². The van der Waals surface area contributed by atoms with Crippen LogP contribution in [-0.2, 0) is 9.53 Å². The van der Waals surface area contributed by atoms with Gasteiger partial charge >= 0.3 is 5.97 Å². The van der Waals surface area contributed by atoms with Crippen molar-refractivity contribution in [3.05, 3.63) is 46.4 Å². The summed E-state index contributed by atoms with van der Waals surface area (Å²) < 4.78 is 5.45. The zero-order chi connectivity index (χ0) is 16.8. The lowest BCUT2D eigenvalue weighted by molar-refractivity contribution is -0.113. The summed E-state index contributed by atoms with van der Waals surface area (Å²) in [4.78, 5) is 34.9. The van der Waals surface area contributed by atoms with Gasteiger partial charge in [-0.25, -0.2) is 4.79 Å². The van der Waals surface area contributed by atoms with Crippen LogP contribution in [0, 0.1) is 0 Å². The Morgan fingerprint density at radius 2 is 2.13 bits per heavy atom. The van der Waals surface area contributed by atoms with Crippen molar-refractivity contribution in [2.75, 3.05) is 24.0 Å². The van der Waals surface area contributed by atoms with Gasteiger partial charge in [-0.1, -0.05) is 23.9 Å². The average Bonchev–Trinajstić information content (AvgIpc) is 2.56. The zero-order valence-electron chi connectivity index (χ0n) is 12.1. The van der Waals surface area contributed by atoms with Crippen molar-refractivity contribution in [2.24, 2.45) is 0 Å². The fraction of sp³-hybridized carbons (Fsp3) is 0.154. The summed E-state index contributed by atoms with van der Waals surface area (Å²) in [6.07, 6.45) is 0.969. The summed E-state index contributed by atoms with van der Waals surface area (Å²) in [5, 5.41) is 9.85. The number of rotatable bonds is 5. The molecule has 0 aliphatic rings. The maximum atomic E-state index is 12.0. The molecule has 9 nitrogen and oxygen atoms in total. The van der Waals surface area contributed by atoms with Crippen molar-refractivity contribution in [3.63, 3.8) is 0 Å². The standard InChI is InChI=1S/C13H13N5O4S/c1-22-12(21)8-4-2-3-5-9(8)16-10(19)7-23-13-17-15-6-11(20)18(13)14/h2-6H,7,14H2,1H3,(H,16,19). The van der Waals surface area contributed by atoms with Gasteiger partial charge in [0.05, 0.1) is 24.1 Å². The number of hydrogen-bond acceptors (Lipinski definition) is 8. The number of thioether (sulfide) groups is 1. The maximum Gasteiger partial charge on any atom is 0.339 e. The van der Waals surface area contributed by atoms with Gasteiger partial charge in [-0.05, 0) is 12.1 Å². The first-order valence-corrected chi connectivity index (χ1v) is 7.31. The first-order chi connectivity index (χ1) is 11.0. The number of nitrogen functional groups attached to an aromatic ring is 1. The molecule has 0 fully saturated rings. The molecule has 0 aliphatic carbocycles. The van der Waals surface area contributed by atoms with E-state index < -0.39 is 17.4 Å². The normalized spacial score (nSPS) is 10.1. The van der Waals surface area contributed by atoms with Crippen LogP contribution in [-0.4, -0.2) is 39.6 Å². The maximum absolute atomic E-state index is 12.0. The highest BCUT2D eigenvalue weighted by Crippen LogP contribution is 2.17. The first kappa shape index (κ1) is 16.5. The van der Waals surface area contributed by atoms with Crippen molar-refractivity contribution in [2.45, 2.75) is 5.16 Å². The molecule has 10 heteroatoms. The smallest absolute Gasteiger partial charge is 0.339 e. The van der Waals surface area contributed by atoms with Gasteiger partial charge in [-0.2, -0.15) is 9.77 Å². The first-order valence-electron chi connectivity index (χ1n) is 6.32. The predicted octanol–water partition coefficient (Wildman–Crippen LogP) is -0.130. The van der Waals surface area contributed by atoms with E-state index in [4.69, 9.17) is 5.84 Å². The molecule has 2 aromatic rings. The van der Waals surface area contributed by atoms with Gasteiger partial charge in [0.2, 0.25) is 11.1 Å². The predicted molar refractivity (Wildman–Crippen MR) is 83.6 cm³/mol. The van der Waals surface area contributed by atoms with E-state index in [1.54, 1.807) is 18.2 Å². The van der Waals surface area contributed by atoms with E-state index >= 15 is 0 Å². The third-order valence-corrected chi connectivity index (χ3v) is 3.64. The van der Waals surface area contributed by atoms with Crippen molar-refractivity contribution in [3.8, 4) is 0 Å². The Kier molecular flexibility index (Phi) is 5.31. The van der Waals surface area contributed by atoms with E-state index in [9.17, 15) is 14.4 Å². The quantitative estimate of drug-likeness (QED) is 0.439. The number of hydrogen-bond donors (Lipinski definition) is 2. The number of para-hydroxylation sites is 1. The molecule has 0 saturated heterocycles. The van der Waals surface area contributed by atoms with Gasteiger partial charge < -0.3 is 15.9 Å². The number of amides is 1. The Balaban J connectivity index is 2.05. The van der Waals surface area contributed by atoms with E-state index in [2.05, 4.69) is 20.3 Å². The molecule has 3 N–H and O–H groups in total. The van der Waals surface area contributed by atoms with Crippen LogP contribution in [0.2, 0.25) is 0 Å². The largest absolute Gasteiger partial charge is 0.465 e. The van der Waals surface area contributed by atoms with E-state index in [1.807, 2.05) is 0 Å². The van der Waals surface area contributed by atoms with Gasteiger partial charge in [0, 0.05) is 0 Å². The molecule has 1 heterocycles. The van der Waals surface area contributed by atoms with Crippen LogP contribution < -0.4 is 16.7 Å². The highest BCUT2D eigenvalue weighted by molar-refractivity contribution is 7.99. The topological polar surface area (TPSA) is 129 Å². The van der Waals surface area contributed by atoms with E-state index in [1.165, 1.54) is 13.2 Å². The minimum atomic E-state index is -0.557. The summed E-state index contributed by atoms with van der Waals surface area (Å²) in [6, 6.07) is 6.45. The van der Waals surface area contributed by atoms with E-state index in [-0.39, 0.29) is 16.5 Å². The molecule has 23 heavy (non-hydrogen) atoms. The Morgan fingerprint density at radius 1 is 1.39 bits per heavy atom. The molecule has 0 atom stereocenters. The Morgan fingerprint density at radius 3 is 2.87 bits per heavy atom. The Bertz CT molecular complexity index is 792. The van der Waals surface area contributed by atoms with E-state index in [0.29, 0.717) is 5.69 Å². The van der Waals surface area contributed by atoms with Crippen LogP contribution in [0.25, 0.3) is 0 Å². The molecular formula is C13H13N5O4S. The van der Waals surface area contributed by atoms with Crippen molar-refractivity contribution in [1.29, 1.82) is 0 Å². The van der Waals surface area contributed by atoms with Crippen LogP contribution >= 0.6 is 11.8 Å². The van der Waals surface area contributed by atoms with Gasteiger partial charge in [-0.15, -0.1) is 5.10 Å². The second-order valence-corrected chi connectivity index (χ2v) is 5.15. The second-order valence-electron chi connectivity index (χ2n) is 4.21. The lowest BCUT2D eigenvalue weighted by atomic mass is 10.2. The number of methoxy groups -OCH3 is 1. The van der Waals surface area contributed by atoms with Gasteiger partial charge in [0.15, 0.2) is 0 Å². The molecule has 120 valence electrons.